The zero-order valence-corrected chi connectivity index (χ0v) is 10.7. The highest BCUT2D eigenvalue weighted by Gasteiger charge is 2.41. The summed E-state index contributed by atoms with van der Waals surface area (Å²) in [6, 6.07) is 3.17. The quantitative estimate of drug-likeness (QED) is 0.793. The first kappa shape index (κ1) is 13.3. The topological polar surface area (TPSA) is 69.6 Å². The Kier molecular flexibility index (Phi) is 3.18. The van der Waals surface area contributed by atoms with Gasteiger partial charge >= 0.3 is 0 Å². The molecule has 0 aliphatic carbocycles. The highest BCUT2D eigenvalue weighted by atomic mass is 19.1. The van der Waals surface area contributed by atoms with Crippen LogP contribution in [0.15, 0.2) is 18.2 Å². The molecule has 102 valence electrons. The van der Waals surface area contributed by atoms with Gasteiger partial charge in [-0.05, 0) is 32.0 Å². The van der Waals surface area contributed by atoms with Crippen molar-refractivity contribution in [3.63, 3.8) is 0 Å². The van der Waals surface area contributed by atoms with Crippen LogP contribution in [0.1, 0.15) is 24.2 Å². The number of aromatic hydroxyl groups is 1. The molecule has 2 rings (SSSR count). The number of carbonyl (C=O) groups is 2. The van der Waals surface area contributed by atoms with Crippen LogP contribution >= 0.6 is 0 Å². The number of phenols is 1. The molecule has 0 saturated carbocycles. The fourth-order valence-electron chi connectivity index (χ4n) is 2.08. The second-order valence-electron chi connectivity index (χ2n) is 4.93. The number of amides is 2. The van der Waals surface area contributed by atoms with Crippen molar-refractivity contribution in [2.24, 2.45) is 0 Å². The molecule has 1 aromatic carbocycles. The average Bonchev–Trinajstić information content (AvgIpc) is 2.35. The van der Waals surface area contributed by atoms with Crippen LogP contribution in [0.3, 0.4) is 0 Å². The van der Waals surface area contributed by atoms with Gasteiger partial charge in [0.1, 0.15) is 17.1 Å². The molecule has 1 aliphatic heterocycles. The van der Waals surface area contributed by atoms with Crippen molar-refractivity contribution in [1.82, 2.24) is 10.2 Å². The van der Waals surface area contributed by atoms with Crippen molar-refractivity contribution in [1.29, 1.82) is 0 Å². The van der Waals surface area contributed by atoms with Gasteiger partial charge in [-0.15, -0.1) is 0 Å². The zero-order valence-electron chi connectivity index (χ0n) is 10.7. The van der Waals surface area contributed by atoms with E-state index in [1.807, 2.05) is 0 Å². The number of nitrogens with one attached hydrogen (secondary N) is 1. The molecular formula is C13H15FN2O3. The molecule has 0 spiro atoms. The monoisotopic (exact) mass is 266 g/mol. The van der Waals surface area contributed by atoms with E-state index in [1.54, 1.807) is 13.8 Å². The van der Waals surface area contributed by atoms with Crippen molar-refractivity contribution >= 4 is 11.8 Å². The number of hydrogen-bond acceptors (Lipinski definition) is 3. The number of nitrogens with zero attached hydrogens (tertiary/aromatic N) is 1. The van der Waals surface area contributed by atoms with E-state index in [0.717, 1.165) is 18.2 Å². The molecule has 0 radical (unpaired) electrons. The molecule has 1 aliphatic rings. The predicted octanol–water partition coefficient (Wildman–Crippen LogP) is 0.882. The molecule has 5 nitrogen and oxygen atoms in total. The van der Waals surface area contributed by atoms with Crippen LogP contribution in [0.25, 0.3) is 0 Å². The van der Waals surface area contributed by atoms with Crippen molar-refractivity contribution in [2.45, 2.75) is 19.4 Å². The molecule has 2 N–H and O–H groups in total. The first-order chi connectivity index (χ1) is 8.84. The Labute approximate surface area is 110 Å². The first-order valence-corrected chi connectivity index (χ1v) is 5.93. The van der Waals surface area contributed by atoms with Gasteiger partial charge in [-0.25, -0.2) is 4.39 Å². The molecule has 1 heterocycles. The third-order valence-electron chi connectivity index (χ3n) is 3.29. The van der Waals surface area contributed by atoms with Crippen LogP contribution in [0.2, 0.25) is 0 Å². The van der Waals surface area contributed by atoms with Crippen molar-refractivity contribution in [3.05, 3.63) is 29.6 Å². The van der Waals surface area contributed by atoms with Gasteiger partial charge in [-0.3, -0.25) is 9.59 Å². The molecule has 2 amide bonds. The Bertz CT molecular complexity index is 543. The van der Waals surface area contributed by atoms with Gasteiger partial charge in [-0.2, -0.15) is 0 Å². The summed E-state index contributed by atoms with van der Waals surface area (Å²) in [5.74, 6) is -1.74. The summed E-state index contributed by atoms with van der Waals surface area (Å²) in [7, 11) is 0. The molecular weight excluding hydrogens is 251 g/mol. The number of piperazine rings is 1. The summed E-state index contributed by atoms with van der Waals surface area (Å²) < 4.78 is 13.2. The molecule has 0 unspecified atom stereocenters. The summed E-state index contributed by atoms with van der Waals surface area (Å²) in [4.78, 5) is 25.5. The lowest BCUT2D eigenvalue weighted by Gasteiger charge is -2.41. The second-order valence-corrected chi connectivity index (χ2v) is 4.93. The highest BCUT2D eigenvalue weighted by molar-refractivity contribution is 6.01. The van der Waals surface area contributed by atoms with Crippen LogP contribution in [-0.2, 0) is 4.79 Å². The molecule has 0 atom stereocenters. The van der Waals surface area contributed by atoms with Gasteiger partial charge in [0.25, 0.3) is 5.91 Å². The maximum absolute atomic E-state index is 13.2. The minimum atomic E-state index is -1.03. The van der Waals surface area contributed by atoms with Gasteiger partial charge in [0.2, 0.25) is 5.91 Å². The number of hydrogen-bond donors (Lipinski definition) is 2. The Balaban J connectivity index is 2.38. The van der Waals surface area contributed by atoms with Gasteiger partial charge in [0.05, 0.1) is 5.56 Å². The number of benzene rings is 1. The number of rotatable bonds is 1. The molecule has 19 heavy (non-hydrogen) atoms. The Hall–Kier alpha value is -2.11. The summed E-state index contributed by atoms with van der Waals surface area (Å²) in [6.45, 7) is 3.86. The van der Waals surface area contributed by atoms with Gasteiger partial charge in [0, 0.05) is 13.1 Å². The van der Waals surface area contributed by atoms with Crippen molar-refractivity contribution in [2.75, 3.05) is 13.1 Å². The van der Waals surface area contributed by atoms with Crippen molar-refractivity contribution < 1.29 is 19.1 Å². The largest absolute Gasteiger partial charge is 0.507 e. The minimum Gasteiger partial charge on any atom is -0.507 e. The molecule has 1 fully saturated rings. The van der Waals surface area contributed by atoms with E-state index in [4.69, 9.17) is 0 Å². The summed E-state index contributed by atoms with van der Waals surface area (Å²) >= 11 is 0. The molecule has 0 aromatic heterocycles. The first-order valence-electron chi connectivity index (χ1n) is 5.93. The van der Waals surface area contributed by atoms with Crippen LogP contribution in [-0.4, -0.2) is 40.4 Å². The number of carbonyl (C=O) groups excluding carboxylic acids is 2. The third kappa shape index (κ3) is 2.25. The molecule has 1 aromatic rings. The van der Waals surface area contributed by atoms with Crippen molar-refractivity contribution in [3.8, 4) is 5.75 Å². The zero-order chi connectivity index (χ0) is 14.2. The number of phenolic OH excluding ortho intramolecular Hbond substituents is 1. The Morgan fingerprint density at radius 2 is 2.16 bits per heavy atom. The van der Waals surface area contributed by atoms with Crippen LogP contribution in [0, 0.1) is 5.82 Å². The van der Waals surface area contributed by atoms with Gasteiger partial charge < -0.3 is 15.3 Å². The highest BCUT2D eigenvalue weighted by Crippen LogP contribution is 2.25. The maximum Gasteiger partial charge on any atom is 0.258 e. The van der Waals surface area contributed by atoms with Crippen LogP contribution in [0.5, 0.6) is 5.75 Å². The smallest absolute Gasteiger partial charge is 0.258 e. The SMILES string of the molecule is CC1(C)C(=O)NCCN1C(=O)c1cc(F)ccc1O. The van der Waals surface area contributed by atoms with E-state index in [2.05, 4.69) is 5.32 Å². The standard InChI is InChI=1S/C13H15FN2O3/c1-13(2)12(19)15-5-6-16(13)11(18)9-7-8(14)3-4-10(9)17/h3-4,7,17H,5-6H2,1-2H3,(H,15,19). The predicted molar refractivity (Wildman–Crippen MR) is 66.2 cm³/mol. The second kappa shape index (κ2) is 4.53. The third-order valence-corrected chi connectivity index (χ3v) is 3.29. The molecule has 1 saturated heterocycles. The van der Waals surface area contributed by atoms with E-state index >= 15 is 0 Å². The van der Waals surface area contributed by atoms with E-state index < -0.39 is 17.3 Å². The molecule has 6 heteroatoms. The lowest BCUT2D eigenvalue weighted by Crippen LogP contribution is -2.63. The minimum absolute atomic E-state index is 0.136. The summed E-state index contributed by atoms with van der Waals surface area (Å²) in [6.07, 6.45) is 0. The fourth-order valence-corrected chi connectivity index (χ4v) is 2.08. The van der Waals surface area contributed by atoms with Crippen LogP contribution < -0.4 is 5.32 Å². The number of halogens is 1. The van der Waals surface area contributed by atoms with E-state index in [-0.39, 0.29) is 17.2 Å². The van der Waals surface area contributed by atoms with E-state index in [1.165, 1.54) is 4.90 Å². The van der Waals surface area contributed by atoms with E-state index in [9.17, 15) is 19.1 Å². The Morgan fingerprint density at radius 3 is 2.84 bits per heavy atom. The van der Waals surface area contributed by atoms with Crippen LogP contribution in [0.4, 0.5) is 4.39 Å². The summed E-state index contributed by atoms with van der Waals surface area (Å²) in [5, 5.41) is 12.3. The summed E-state index contributed by atoms with van der Waals surface area (Å²) in [5.41, 5.74) is -1.17. The maximum atomic E-state index is 13.2. The van der Waals surface area contributed by atoms with E-state index in [0.29, 0.717) is 13.1 Å². The average molecular weight is 266 g/mol. The lowest BCUT2D eigenvalue weighted by atomic mass is 9.97. The van der Waals surface area contributed by atoms with Gasteiger partial charge in [0.15, 0.2) is 0 Å². The fraction of sp³-hybridized carbons (Fsp3) is 0.385. The van der Waals surface area contributed by atoms with Gasteiger partial charge in [-0.1, -0.05) is 0 Å². The lowest BCUT2D eigenvalue weighted by molar-refractivity contribution is -0.133. The Morgan fingerprint density at radius 1 is 1.47 bits per heavy atom. The normalized spacial score (nSPS) is 18.1. The molecule has 0 bridgehead atoms.